The van der Waals surface area contributed by atoms with Gasteiger partial charge in [-0.3, -0.25) is 9.59 Å². The van der Waals surface area contributed by atoms with Crippen molar-refractivity contribution in [1.29, 1.82) is 0 Å². The molecule has 0 N–H and O–H groups in total. The molecule has 1 aliphatic rings. The van der Waals surface area contributed by atoms with E-state index < -0.39 is 5.41 Å². The minimum Gasteiger partial charge on any atom is -0.484 e. The summed E-state index contributed by atoms with van der Waals surface area (Å²) in [7, 11) is 1.94. The molecule has 2 heterocycles. The van der Waals surface area contributed by atoms with E-state index in [0.717, 1.165) is 17.0 Å². The second-order valence-electron chi connectivity index (χ2n) is 11.1. The number of likely N-dealkylation sites (tertiary alicyclic amines) is 1. The van der Waals surface area contributed by atoms with E-state index in [2.05, 4.69) is 17.1 Å². The number of amides is 2. The minimum atomic E-state index is -0.652. The number of aromatic nitrogens is 2. The normalized spacial score (nSPS) is 14.3. The van der Waals surface area contributed by atoms with Crippen LogP contribution in [0, 0.1) is 5.41 Å². The van der Waals surface area contributed by atoms with Gasteiger partial charge in [0, 0.05) is 49.1 Å². The van der Waals surface area contributed by atoms with Gasteiger partial charge in [-0.05, 0) is 73.2 Å². The van der Waals surface area contributed by atoms with E-state index in [1.807, 2.05) is 70.1 Å². The third-order valence-electron chi connectivity index (χ3n) is 8.21. The van der Waals surface area contributed by atoms with Gasteiger partial charge in [-0.2, -0.15) is 0 Å². The molecule has 5 rings (SSSR count). The zero-order valence-corrected chi connectivity index (χ0v) is 25.8. The lowest BCUT2D eigenvalue weighted by molar-refractivity contribution is -0.149. The number of aryl methyl sites for hydroxylation is 1. The second-order valence-corrected chi connectivity index (χ2v) is 12.0. The lowest BCUT2D eigenvalue weighted by Crippen LogP contribution is -2.53. The maximum Gasteiger partial charge on any atom is 0.260 e. The summed E-state index contributed by atoms with van der Waals surface area (Å²) in [5.74, 6) is 1.42. The molecule has 9 heteroatoms. The Labute approximate surface area is 263 Å². The highest BCUT2D eigenvalue weighted by Crippen LogP contribution is 2.38. The second kappa shape index (κ2) is 14.1. The van der Waals surface area contributed by atoms with Gasteiger partial charge in [0.1, 0.15) is 11.6 Å². The number of nitrogens with zero attached hydrogens (tertiary/aromatic N) is 4. The van der Waals surface area contributed by atoms with Crippen molar-refractivity contribution < 1.29 is 14.3 Å². The van der Waals surface area contributed by atoms with E-state index in [-0.39, 0.29) is 18.4 Å². The summed E-state index contributed by atoms with van der Waals surface area (Å²) in [5.41, 5.74) is 1.57. The van der Waals surface area contributed by atoms with Crippen LogP contribution in [0.1, 0.15) is 29.8 Å². The van der Waals surface area contributed by atoms with Crippen molar-refractivity contribution in [2.45, 2.75) is 32.2 Å². The van der Waals surface area contributed by atoms with Gasteiger partial charge in [0.05, 0.1) is 12.0 Å². The molecule has 0 bridgehead atoms. The van der Waals surface area contributed by atoms with Crippen molar-refractivity contribution in [2.24, 2.45) is 12.5 Å². The lowest BCUT2D eigenvalue weighted by Gasteiger charge is -2.43. The Kier molecular flexibility index (Phi) is 10.1. The van der Waals surface area contributed by atoms with Gasteiger partial charge >= 0.3 is 0 Å². The Morgan fingerprint density at radius 3 is 2.19 bits per heavy atom. The first-order chi connectivity index (χ1) is 20.8. The molecule has 224 valence electrons. The molecule has 0 aliphatic carbocycles. The fourth-order valence-electron chi connectivity index (χ4n) is 5.63. The predicted molar refractivity (Wildman–Crippen MR) is 169 cm³/mol. The highest BCUT2D eigenvalue weighted by atomic mass is 35.5. The van der Waals surface area contributed by atoms with Gasteiger partial charge in [-0.25, -0.2) is 4.98 Å². The molecular weight excluding hydrogens is 583 g/mol. The number of hydrogen-bond donors (Lipinski definition) is 0. The van der Waals surface area contributed by atoms with Gasteiger partial charge in [-0.1, -0.05) is 65.7 Å². The molecule has 4 aromatic rings. The van der Waals surface area contributed by atoms with Gasteiger partial charge in [0.2, 0.25) is 5.91 Å². The number of imidazole rings is 1. The molecular formula is C34H36Cl2N4O3. The van der Waals surface area contributed by atoms with Crippen LogP contribution in [0.5, 0.6) is 5.75 Å². The standard InChI is InChI=1S/C34H36Cl2N4O3/c1-38-22-18-37-31(38)24-40(19-15-26-7-9-28(35)10-8-26)33(42)34(23-27-5-3-2-4-6-27)16-20-39(21-17-34)32(41)25-43-30-13-11-29(36)12-14-30/h2-14,18,22H,15-17,19-21,23-25H2,1H3. The molecule has 1 fully saturated rings. The number of piperidine rings is 1. The summed E-state index contributed by atoms with van der Waals surface area (Å²) in [6, 6.07) is 24.9. The summed E-state index contributed by atoms with van der Waals surface area (Å²) in [6.07, 6.45) is 6.08. The van der Waals surface area contributed by atoms with Crippen LogP contribution in [0.2, 0.25) is 10.0 Å². The molecule has 1 aromatic heterocycles. The number of benzene rings is 3. The molecule has 43 heavy (non-hydrogen) atoms. The van der Waals surface area contributed by atoms with Crippen molar-refractivity contribution in [2.75, 3.05) is 26.2 Å². The number of ether oxygens (including phenoxy) is 1. The van der Waals surface area contributed by atoms with Gasteiger partial charge < -0.3 is 19.1 Å². The maximum absolute atomic E-state index is 14.7. The van der Waals surface area contributed by atoms with Crippen molar-refractivity contribution >= 4 is 35.0 Å². The fourth-order valence-corrected chi connectivity index (χ4v) is 5.88. The minimum absolute atomic E-state index is 0.0619. The Morgan fingerprint density at radius 1 is 0.907 bits per heavy atom. The summed E-state index contributed by atoms with van der Waals surface area (Å²) in [5, 5.41) is 1.30. The summed E-state index contributed by atoms with van der Waals surface area (Å²) in [4.78, 5) is 36.1. The third kappa shape index (κ3) is 7.98. The first-order valence-electron chi connectivity index (χ1n) is 14.5. The summed E-state index contributed by atoms with van der Waals surface area (Å²) in [6.45, 7) is 1.85. The van der Waals surface area contributed by atoms with Crippen LogP contribution < -0.4 is 4.74 Å². The molecule has 7 nitrogen and oxygen atoms in total. The van der Waals surface area contributed by atoms with E-state index in [9.17, 15) is 9.59 Å². The highest BCUT2D eigenvalue weighted by molar-refractivity contribution is 6.30. The van der Waals surface area contributed by atoms with Crippen molar-refractivity contribution in [3.63, 3.8) is 0 Å². The van der Waals surface area contributed by atoms with Crippen LogP contribution in [0.25, 0.3) is 0 Å². The van der Waals surface area contributed by atoms with Crippen LogP contribution in [0.4, 0.5) is 0 Å². The molecule has 2 amide bonds. The molecule has 0 atom stereocenters. The van der Waals surface area contributed by atoms with E-state index >= 15 is 0 Å². The van der Waals surface area contributed by atoms with Gasteiger partial charge in [0.15, 0.2) is 6.61 Å². The Morgan fingerprint density at radius 2 is 1.56 bits per heavy atom. The first kappa shape index (κ1) is 30.6. The van der Waals surface area contributed by atoms with Crippen LogP contribution in [0.3, 0.4) is 0 Å². The third-order valence-corrected chi connectivity index (χ3v) is 8.72. The number of carbonyl (C=O) groups excluding carboxylic acids is 2. The molecule has 1 saturated heterocycles. The van der Waals surface area contributed by atoms with Crippen molar-refractivity contribution in [3.05, 3.63) is 118 Å². The lowest BCUT2D eigenvalue weighted by atomic mass is 9.72. The summed E-state index contributed by atoms with van der Waals surface area (Å²) >= 11 is 12.1. The molecule has 0 saturated carbocycles. The zero-order valence-electron chi connectivity index (χ0n) is 24.3. The molecule has 1 aliphatic heterocycles. The van der Waals surface area contributed by atoms with Crippen LogP contribution in [-0.2, 0) is 36.0 Å². The number of halogens is 2. The molecule has 3 aromatic carbocycles. The quantitative estimate of drug-likeness (QED) is 0.200. The molecule has 0 unspecified atom stereocenters. The Bertz CT molecular complexity index is 1500. The summed E-state index contributed by atoms with van der Waals surface area (Å²) < 4.78 is 7.67. The van der Waals surface area contributed by atoms with E-state index in [0.29, 0.717) is 67.7 Å². The molecule has 0 radical (unpaired) electrons. The Hall–Kier alpha value is -3.81. The van der Waals surface area contributed by atoms with Gasteiger partial charge in [0.25, 0.3) is 5.91 Å². The first-order valence-corrected chi connectivity index (χ1v) is 15.3. The van der Waals surface area contributed by atoms with Crippen LogP contribution in [0.15, 0.2) is 91.3 Å². The largest absolute Gasteiger partial charge is 0.484 e. The molecule has 0 spiro atoms. The maximum atomic E-state index is 14.7. The van der Waals surface area contributed by atoms with Gasteiger partial charge in [-0.15, -0.1) is 0 Å². The number of hydrogen-bond acceptors (Lipinski definition) is 4. The monoisotopic (exact) mass is 618 g/mol. The topological polar surface area (TPSA) is 67.7 Å². The zero-order chi connectivity index (χ0) is 30.2. The smallest absolute Gasteiger partial charge is 0.260 e. The fraction of sp³-hybridized carbons (Fsp3) is 0.324. The SMILES string of the molecule is Cn1ccnc1CN(CCc1ccc(Cl)cc1)C(=O)C1(Cc2ccccc2)CCN(C(=O)COc2ccc(Cl)cc2)CC1. The van der Waals surface area contributed by atoms with Crippen molar-refractivity contribution in [3.8, 4) is 5.75 Å². The van der Waals surface area contributed by atoms with E-state index in [1.165, 1.54) is 0 Å². The average molecular weight is 620 g/mol. The number of carbonyl (C=O) groups is 2. The van der Waals surface area contributed by atoms with Crippen molar-refractivity contribution in [1.82, 2.24) is 19.4 Å². The Balaban J connectivity index is 1.34. The highest BCUT2D eigenvalue weighted by Gasteiger charge is 2.44. The average Bonchev–Trinajstić information content (AvgIpc) is 3.44. The van der Waals surface area contributed by atoms with E-state index in [1.54, 1.807) is 30.5 Å². The van der Waals surface area contributed by atoms with Crippen LogP contribution in [-0.4, -0.2) is 57.4 Å². The van der Waals surface area contributed by atoms with Crippen LogP contribution >= 0.6 is 23.2 Å². The number of rotatable bonds is 11. The predicted octanol–water partition coefficient (Wildman–Crippen LogP) is 6.23. The van der Waals surface area contributed by atoms with E-state index in [4.69, 9.17) is 27.9 Å².